The maximum absolute atomic E-state index is 2.43. The Bertz CT molecular complexity index is 8510. The summed E-state index contributed by atoms with van der Waals surface area (Å²) in [7, 11) is 0. The summed E-state index contributed by atoms with van der Waals surface area (Å²) < 4.78 is 0. The third-order valence-electron chi connectivity index (χ3n) is 27.2. The highest BCUT2D eigenvalue weighted by atomic mass is 14.2. The van der Waals surface area contributed by atoms with Crippen LogP contribution >= 0.6 is 0 Å². The second kappa shape index (κ2) is 34.6. The molecule has 0 saturated carbocycles. The van der Waals surface area contributed by atoms with Gasteiger partial charge in [-0.2, -0.15) is 0 Å². The van der Waals surface area contributed by atoms with E-state index in [1.54, 1.807) is 0 Å². The molecule has 0 N–H and O–H groups in total. The molecule has 0 amide bonds. The van der Waals surface area contributed by atoms with Crippen molar-refractivity contribution in [2.45, 2.75) is 119 Å². The topological polar surface area (TPSA) is 0 Å². The van der Waals surface area contributed by atoms with Gasteiger partial charge in [0.1, 0.15) is 0 Å². The summed E-state index contributed by atoms with van der Waals surface area (Å²) >= 11 is 0. The van der Waals surface area contributed by atoms with Gasteiger partial charge in [0.05, 0.1) is 0 Å². The molecule has 128 heavy (non-hydrogen) atoms. The van der Waals surface area contributed by atoms with E-state index >= 15 is 0 Å². The zero-order valence-corrected chi connectivity index (χ0v) is 75.6. The molecule has 0 fully saturated rings. The molecule has 0 aliphatic heterocycles. The molecule has 25 rings (SSSR count). The van der Waals surface area contributed by atoms with Crippen molar-refractivity contribution in [1.29, 1.82) is 0 Å². The van der Waals surface area contributed by atoms with E-state index in [-0.39, 0.29) is 0 Å². The van der Waals surface area contributed by atoms with E-state index in [1.165, 1.54) is 238 Å². The summed E-state index contributed by atoms with van der Waals surface area (Å²) in [6.45, 7) is 27.3. The van der Waals surface area contributed by atoms with Crippen molar-refractivity contribution in [2.75, 3.05) is 0 Å². The van der Waals surface area contributed by atoms with Crippen LogP contribution in [-0.2, 0) is 0 Å². The standard InChI is InChI=1S/C25H20.4C21H18.C19H16/c1-16(2)23-15-24-19-11-4-3-9-17(19)18-10-5-7-13-21(18)25(24)22-14-8-6-12-20(22)23;1-14(2)20-19-10-6-4-8-16(19)13-17-12-11-15-7-3-5-9-18(15)21(17)20;1-14(2)21-18-10-6-4-8-16(18)13-20-17-9-5-3-7-15(17)11-12-19(20)21;1-14(2)15-11-12-20-18-9-4-3-7-16(18)17-8-5-6-10-19(17)21(20)13-15;1-14(2)20-13-16-12-11-15-7-3-4-8-17(15)21(16)19-10-6-5-9-18(19)20;1-12(2)16-10-8-15-7-6-13-4-3-5-14-9-11-17(16)19(15)18(13)14/h3-16H,1-2H3;4*3-14H,1-2H3;3-12H,1-2H3. The summed E-state index contributed by atoms with van der Waals surface area (Å²) in [5, 5.41) is 51.8. The molecule has 0 atom stereocenters. The Morgan fingerprint density at radius 1 is 0.117 bits per heavy atom. The Kier molecular flexibility index (Phi) is 22.1. The quantitative estimate of drug-likeness (QED) is 0.115. The smallest absolute Gasteiger partial charge is 0.00202 e. The predicted octanol–water partition coefficient (Wildman–Crippen LogP) is 38.2. The molecule has 0 unspecified atom stereocenters. The van der Waals surface area contributed by atoms with Crippen molar-refractivity contribution >= 4 is 205 Å². The Hall–Kier alpha value is -14.3. The fourth-order valence-corrected chi connectivity index (χ4v) is 21.2. The lowest BCUT2D eigenvalue weighted by molar-refractivity contribution is 0.869. The molecule has 25 aromatic rings. The van der Waals surface area contributed by atoms with Crippen molar-refractivity contribution in [3.8, 4) is 0 Å². The highest BCUT2D eigenvalue weighted by Crippen LogP contribution is 2.46. The molecule has 0 spiro atoms. The van der Waals surface area contributed by atoms with Gasteiger partial charge >= 0.3 is 0 Å². The minimum absolute atomic E-state index is 0.500. The Labute approximate surface area is 751 Å². The van der Waals surface area contributed by atoms with Crippen LogP contribution in [0.3, 0.4) is 0 Å². The lowest BCUT2D eigenvalue weighted by Crippen LogP contribution is -1.93. The van der Waals surface area contributed by atoms with E-state index in [0.717, 1.165) is 0 Å². The van der Waals surface area contributed by atoms with E-state index < -0.39 is 0 Å². The molecule has 0 aliphatic carbocycles. The van der Waals surface area contributed by atoms with Gasteiger partial charge in [-0.1, -0.05) is 465 Å². The van der Waals surface area contributed by atoms with E-state index in [2.05, 4.69) is 483 Å². The normalized spacial score (nSPS) is 11.9. The van der Waals surface area contributed by atoms with Crippen LogP contribution < -0.4 is 0 Å². The van der Waals surface area contributed by atoms with Crippen molar-refractivity contribution in [2.24, 2.45) is 0 Å². The van der Waals surface area contributed by atoms with Crippen LogP contribution in [0.2, 0.25) is 0 Å². The largest absolute Gasteiger partial charge is 0.0616 e. The monoisotopic (exact) mass is 1640 g/mol. The Morgan fingerprint density at radius 3 is 0.945 bits per heavy atom. The molecule has 0 nitrogen and oxygen atoms in total. The molecule has 0 aliphatic rings. The van der Waals surface area contributed by atoms with E-state index in [0.29, 0.717) is 35.5 Å². The van der Waals surface area contributed by atoms with Crippen LogP contribution in [0.5, 0.6) is 0 Å². The number of hydrogen-bond acceptors (Lipinski definition) is 0. The molecule has 620 valence electrons. The lowest BCUT2D eigenvalue weighted by atomic mass is 9.87. The van der Waals surface area contributed by atoms with Gasteiger partial charge in [-0.05, 0) is 292 Å². The van der Waals surface area contributed by atoms with Crippen molar-refractivity contribution in [3.63, 3.8) is 0 Å². The minimum Gasteiger partial charge on any atom is -0.0616 e. The van der Waals surface area contributed by atoms with Crippen LogP contribution in [0, 0.1) is 0 Å². The molecular formula is C128H108. The second-order valence-electron chi connectivity index (χ2n) is 37.0. The molecule has 0 saturated heterocycles. The van der Waals surface area contributed by atoms with E-state index in [4.69, 9.17) is 0 Å². The first-order valence-corrected chi connectivity index (χ1v) is 46.3. The summed E-state index contributed by atoms with van der Waals surface area (Å²) in [5.74, 6) is 3.17. The molecule has 0 bridgehead atoms. The fraction of sp³-hybridized carbons (Fsp3) is 0.141. The molecular weight excluding hydrogens is 1540 g/mol. The van der Waals surface area contributed by atoms with Crippen LogP contribution in [0.1, 0.15) is 152 Å². The average molecular weight is 1650 g/mol. The van der Waals surface area contributed by atoms with Gasteiger partial charge in [0.25, 0.3) is 0 Å². The lowest BCUT2D eigenvalue weighted by Gasteiger charge is -2.17. The van der Waals surface area contributed by atoms with Crippen LogP contribution in [-0.4, -0.2) is 0 Å². The van der Waals surface area contributed by atoms with Crippen molar-refractivity contribution in [1.82, 2.24) is 0 Å². The summed E-state index contributed by atoms with van der Waals surface area (Å²) in [6, 6.07) is 146. The van der Waals surface area contributed by atoms with Crippen molar-refractivity contribution in [3.05, 3.63) is 434 Å². The third-order valence-corrected chi connectivity index (χ3v) is 27.2. The average Bonchev–Trinajstić information content (AvgIpc) is 0.743. The molecule has 25 aromatic carbocycles. The Morgan fingerprint density at radius 2 is 0.430 bits per heavy atom. The number of hydrogen-bond donors (Lipinski definition) is 0. The van der Waals surface area contributed by atoms with E-state index in [9.17, 15) is 0 Å². The number of fused-ring (bicyclic) bond motifs is 27. The first-order chi connectivity index (χ1) is 62.5. The summed E-state index contributed by atoms with van der Waals surface area (Å²) in [4.78, 5) is 0. The van der Waals surface area contributed by atoms with Crippen LogP contribution in [0.4, 0.5) is 0 Å². The number of rotatable bonds is 6. The van der Waals surface area contributed by atoms with Gasteiger partial charge in [-0.25, -0.2) is 0 Å². The zero-order valence-electron chi connectivity index (χ0n) is 75.6. The van der Waals surface area contributed by atoms with Gasteiger partial charge < -0.3 is 0 Å². The fourth-order valence-electron chi connectivity index (χ4n) is 21.2. The molecule has 0 heteroatoms. The molecule has 0 aromatic heterocycles. The van der Waals surface area contributed by atoms with E-state index in [1.807, 2.05) is 0 Å². The van der Waals surface area contributed by atoms with Gasteiger partial charge in [0.2, 0.25) is 0 Å². The summed E-state index contributed by atoms with van der Waals surface area (Å²) in [5.41, 5.74) is 8.67. The zero-order chi connectivity index (χ0) is 87.5. The minimum atomic E-state index is 0.500. The maximum Gasteiger partial charge on any atom is -0.00202 e. The van der Waals surface area contributed by atoms with Gasteiger partial charge in [-0.3, -0.25) is 0 Å². The van der Waals surface area contributed by atoms with Crippen molar-refractivity contribution < 1.29 is 0 Å². The first-order valence-electron chi connectivity index (χ1n) is 46.3. The third kappa shape index (κ3) is 14.8. The molecule has 0 radical (unpaired) electrons. The number of benzene rings is 25. The predicted molar refractivity (Wildman–Crippen MR) is 567 cm³/mol. The van der Waals surface area contributed by atoms with Gasteiger partial charge in [0.15, 0.2) is 0 Å². The van der Waals surface area contributed by atoms with Crippen LogP contribution in [0.25, 0.3) is 205 Å². The highest BCUT2D eigenvalue weighted by molar-refractivity contribution is 6.33. The second-order valence-corrected chi connectivity index (χ2v) is 37.0. The van der Waals surface area contributed by atoms with Gasteiger partial charge in [0, 0.05) is 0 Å². The highest BCUT2D eigenvalue weighted by Gasteiger charge is 2.21. The summed E-state index contributed by atoms with van der Waals surface area (Å²) in [6.07, 6.45) is 0. The van der Waals surface area contributed by atoms with Crippen LogP contribution in [0.15, 0.2) is 400 Å². The molecule has 0 heterocycles. The first kappa shape index (κ1) is 82.0. The SMILES string of the molecule is CC(C)c1c2ccccc2cc2c1ccc1ccccc12.CC(C)c1c2ccccc2cc2ccc3ccccc3c12.CC(C)c1cc2c3ccccc3c3ccccc3c2c2ccccc12.CC(C)c1cc2ccc3ccccc3c2c2ccccc12.CC(C)c1ccc2c3ccccc3c3ccccc3c2c1.CC(C)c1ccc2ccc3cccc4ccc1c2c34. The maximum atomic E-state index is 2.43. The van der Waals surface area contributed by atoms with Gasteiger partial charge in [-0.15, -0.1) is 0 Å². The Balaban J connectivity index is 0.0000000966.